The predicted octanol–water partition coefficient (Wildman–Crippen LogP) is 4.02. The van der Waals surface area contributed by atoms with Crippen molar-refractivity contribution in [3.05, 3.63) is 35.4 Å². The molecule has 17 heavy (non-hydrogen) atoms. The van der Waals surface area contributed by atoms with E-state index in [1.165, 1.54) is 11.1 Å². The number of aryl methyl sites for hydroxylation is 1. The van der Waals surface area contributed by atoms with Crippen molar-refractivity contribution in [2.45, 2.75) is 47.6 Å². The Kier molecular flexibility index (Phi) is 5.20. The number of hydrogen-bond acceptors (Lipinski definition) is 1. The first-order valence-electron chi connectivity index (χ1n) is 6.72. The molecular formula is C16H27N. The summed E-state index contributed by atoms with van der Waals surface area (Å²) < 4.78 is 0. The lowest BCUT2D eigenvalue weighted by atomic mass is 9.82. The van der Waals surface area contributed by atoms with E-state index < -0.39 is 0 Å². The molecule has 1 heteroatoms. The summed E-state index contributed by atoms with van der Waals surface area (Å²) in [6, 6.07) is 8.71. The van der Waals surface area contributed by atoms with Gasteiger partial charge in [0.25, 0.3) is 0 Å². The van der Waals surface area contributed by atoms with Gasteiger partial charge in [-0.25, -0.2) is 0 Å². The molecule has 96 valence electrons. The summed E-state index contributed by atoms with van der Waals surface area (Å²) >= 11 is 0. The van der Waals surface area contributed by atoms with Crippen LogP contribution in [0.5, 0.6) is 0 Å². The van der Waals surface area contributed by atoms with Gasteiger partial charge >= 0.3 is 0 Å². The van der Waals surface area contributed by atoms with Crippen LogP contribution in [0.3, 0.4) is 0 Å². The fourth-order valence-electron chi connectivity index (χ4n) is 1.80. The van der Waals surface area contributed by atoms with Gasteiger partial charge in [-0.1, -0.05) is 58.9 Å². The third kappa shape index (κ3) is 4.51. The highest BCUT2D eigenvalue weighted by atomic mass is 14.9. The molecule has 0 fully saturated rings. The molecule has 1 aromatic carbocycles. The Morgan fingerprint density at radius 3 is 2.24 bits per heavy atom. The Morgan fingerprint density at radius 2 is 1.71 bits per heavy atom. The predicted molar refractivity (Wildman–Crippen MR) is 76.1 cm³/mol. The summed E-state index contributed by atoms with van der Waals surface area (Å²) in [7, 11) is 0. The zero-order chi connectivity index (χ0) is 12.9. The molecule has 0 bridgehead atoms. The minimum atomic E-state index is 0.386. The highest BCUT2D eigenvalue weighted by Crippen LogP contribution is 2.24. The van der Waals surface area contributed by atoms with Crippen LogP contribution in [0.4, 0.5) is 0 Å². The summed E-state index contributed by atoms with van der Waals surface area (Å²) in [5.74, 6) is 0.691. The molecule has 1 atom stereocenters. The van der Waals surface area contributed by atoms with Gasteiger partial charge in [-0.2, -0.15) is 0 Å². The van der Waals surface area contributed by atoms with Gasteiger partial charge in [0.05, 0.1) is 0 Å². The first kappa shape index (κ1) is 14.2. The van der Waals surface area contributed by atoms with Crippen molar-refractivity contribution in [3.63, 3.8) is 0 Å². The third-order valence-electron chi connectivity index (χ3n) is 3.74. The molecule has 1 rings (SSSR count). The van der Waals surface area contributed by atoms with Crippen LogP contribution in [0.25, 0.3) is 0 Å². The summed E-state index contributed by atoms with van der Waals surface area (Å²) in [6.45, 7) is 13.5. The minimum Gasteiger partial charge on any atom is -0.312 e. The highest BCUT2D eigenvalue weighted by molar-refractivity contribution is 5.26. The van der Waals surface area contributed by atoms with Crippen molar-refractivity contribution >= 4 is 0 Å². The number of nitrogens with one attached hydrogen (secondary N) is 1. The van der Waals surface area contributed by atoms with E-state index in [1.54, 1.807) is 0 Å². The van der Waals surface area contributed by atoms with E-state index in [4.69, 9.17) is 0 Å². The van der Waals surface area contributed by atoms with Crippen molar-refractivity contribution in [1.82, 2.24) is 5.32 Å². The Bertz CT molecular complexity index is 336. The van der Waals surface area contributed by atoms with Crippen molar-refractivity contribution in [2.24, 2.45) is 11.3 Å². The monoisotopic (exact) mass is 233 g/mol. The Labute approximate surface area is 107 Å². The van der Waals surface area contributed by atoms with Crippen molar-refractivity contribution in [3.8, 4) is 0 Å². The normalized spacial score (nSPS) is 13.7. The van der Waals surface area contributed by atoms with Gasteiger partial charge in [-0.15, -0.1) is 0 Å². The number of hydrogen-bond donors (Lipinski definition) is 1. The van der Waals surface area contributed by atoms with E-state index >= 15 is 0 Å². The van der Waals surface area contributed by atoms with Crippen LogP contribution in [-0.2, 0) is 13.0 Å². The molecule has 0 aliphatic carbocycles. The van der Waals surface area contributed by atoms with Crippen LogP contribution in [0, 0.1) is 11.3 Å². The fraction of sp³-hybridized carbons (Fsp3) is 0.625. The van der Waals surface area contributed by atoms with E-state index in [0.717, 1.165) is 19.5 Å². The number of rotatable bonds is 5. The van der Waals surface area contributed by atoms with Gasteiger partial charge in [0.2, 0.25) is 0 Å². The summed E-state index contributed by atoms with van der Waals surface area (Å²) in [4.78, 5) is 0. The summed E-state index contributed by atoms with van der Waals surface area (Å²) in [6.07, 6.45) is 1.12. The average Bonchev–Trinajstić information content (AvgIpc) is 2.28. The molecule has 1 aromatic rings. The van der Waals surface area contributed by atoms with E-state index in [1.807, 2.05) is 0 Å². The Morgan fingerprint density at radius 1 is 1.12 bits per heavy atom. The smallest absolute Gasteiger partial charge is 0.0208 e. The Hall–Kier alpha value is -0.820. The molecule has 0 saturated heterocycles. The van der Waals surface area contributed by atoms with Crippen LogP contribution in [0.15, 0.2) is 24.3 Å². The average molecular weight is 233 g/mol. The second-order valence-corrected chi connectivity index (χ2v) is 6.02. The fourth-order valence-corrected chi connectivity index (χ4v) is 1.80. The quantitative estimate of drug-likeness (QED) is 0.810. The molecule has 1 unspecified atom stereocenters. The lowest BCUT2D eigenvalue weighted by molar-refractivity contribution is 0.252. The maximum absolute atomic E-state index is 3.58. The zero-order valence-corrected chi connectivity index (χ0v) is 12.0. The maximum Gasteiger partial charge on any atom is 0.0208 e. The lowest BCUT2D eigenvalue weighted by Gasteiger charge is -2.27. The molecular weight excluding hydrogens is 206 g/mol. The number of benzene rings is 1. The van der Waals surface area contributed by atoms with Crippen molar-refractivity contribution < 1.29 is 0 Å². The molecule has 0 amide bonds. The molecule has 0 radical (unpaired) electrons. The Balaban J connectivity index is 2.46. The van der Waals surface area contributed by atoms with E-state index in [2.05, 4.69) is 64.2 Å². The second kappa shape index (κ2) is 6.20. The van der Waals surface area contributed by atoms with Crippen LogP contribution < -0.4 is 5.32 Å². The molecule has 0 heterocycles. The third-order valence-corrected chi connectivity index (χ3v) is 3.74. The molecule has 0 aliphatic rings. The van der Waals surface area contributed by atoms with Gasteiger partial charge in [-0.3, -0.25) is 0 Å². The first-order valence-corrected chi connectivity index (χ1v) is 6.72. The van der Waals surface area contributed by atoms with Crippen LogP contribution in [0.1, 0.15) is 45.7 Å². The molecule has 1 nitrogen and oxygen atoms in total. The van der Waals surface area contributed by atoms with E-state index in [-0.39, 0.29) is 0 Å². The zero-order valence-electron chi connectivity index (χ0n) is 12.0. The molecule has 0 spiro atoms. The van der Waals surface area contributed by atoms with Crippen molar-refractivity contribution in [2.75, 3.05) is 6.54 Å². The van der Waals surface area contributed by atoms with E-state index in [0.29, 0.717) is 11.3 Å². The second-order valence-electron chi connectivity index (χ2n) is 6.02. The van der Waals surface area contributed by atoms with E-state index in [9.17, 15) is 0 Å². The maximum atomic E-state index is 3.58. The standard InChI is InChI=1S/C16H27N/c1-6-14-9-7-8-10-15(14)12-17-11-13(2)16(3,4)5/h7-10,13,17H,6,11-12H2,1-5H3. The van der Waals surface area contributed by atoms with Crippen molar-refractivity contribution in [1.29, 1.82) is 0 Å². The van der Waals surface area contributed by atoms with Gasteiger partial charge in [0.1, 0.15) is 0 Å². The van der Waals surface area contributed by atoms with Crippen LogP contribution >= 0.6 is 0 Å². The first-order chi connectivity index (χ1) is 7.95. The topological polar surface area (TPSA) is 12.0 Å². The van der Waals surface area contributed by atoms with Crippen LogP contribution in [0.2, 0.25) is 0 Å². The highest BCUT2D eigenvalue weighted by Gasteiger charge is 2.19. The molecule has 1 N–H and O–H groups in total. The van der Waals surface area contributed by atoms with Gasteiger partial charge in [-0.05, 0) is 35.4 Å². The molecule has 0 aromatic heterocycles. The van der Waals surface area contributed by atoms with Gasteiger partial charge < -0.3 is 5.32 Å². The van der Waals surface area contributed by atoms with Crippen LogP contribution in [-0.4, -0.2) is 6.54 Å². The molecule has 0 saturated carbocycles. The minimum absolute atomic E-state index is 0.386. The largest absolute Gasteiger partial charge is 0.312 e. The summed E-state index contributed by atoms with van der Waals surface area (Å²) in [5, 5.41) is 3.58. The lowest BCUT2D eigenvalue weighted by Crippen LogP contribution is -2.29. The SMILES string of the molecule is CCc1ccccc1CNCC(C)C(C)(C)C. The van der Waals surface area contributed by atoms with Gasteiger partial charge in [0, 0.05) is 6.54 Å². The molecule has 0 aliphatic heterocycles. The summed E-state index contributed by atoms with van der Waals surface area (Å²) in [5.41, 5.74) is 3.29. The van der Waals surface area contributed by atoms with Gasteiger partial charge in [0.15, 0.2) is 0 Å².